The second-order valence-electron chi connectivity index (χ2n) is 10.3. The SMILES string of the molecule is O=C(NC1CCC1)c1ccc(COc2nn3c(-c4cc(COC5CCCCO5)on4)nnc3c3ccccc23)nc1. The number of fused-ring (bicyclic) bond motifs is 3. The molecule has 41 heavy (non-hydrogen) atoms. The van der Waals surface area contributed by atoms with E-state index >= 15 is 0 Å². The van der Waals surface area contributed by atoms with Gasteiger partial charge in [0.25, 0.3) is 5.91 Å². The lowest BCUT2D eigenvalue weighted by Gasteiger charge is -2.26. The van der Waals surface area contributed by atoms with E-state index in [0.29, 0.717) is 46.7 Å². The number of benzene rings is 1. The molecule has 1 aliphatic heterocycles. The Bertz CT molecular complexity index is 1670. The highest BCUT2D eigenvalue weighted by Crippen LogP contribution is 2.29. The molecule has 0 radical (unpaired) electrons. The fraction of sp³-hybridized carbons (Fsp3) is 0.379. The molecule has 1 N–H and O–H groups in total. The predicted octanol–water partition coefficient (Wildman–Crippen LogP) is 4.23. The second-order valence-corrected chi connectivity index (χ2v) is 10.3. The molecule has 2 fully saturated rings. The fourth-order valence-corrected chi connectivity index (χ4v) is 4.93. The van der Waals surface area contributed by atoms with Gasteiger partial charge in [-0.15, -0.1) is 15.3 Å². The molecule has 7 rings (SSSR count). The van der Waals surface area contributed by atoms with Gasteiger partial charge >= 0.3 is 0 Å². The minimum Gasteiger partial charge on any atom is -0.470 e. The topological polar surface area (TPSA) is 139 Å². The van der Waals surface area contributed by atoms with Crippen LogP contribution in [0.3, 0.4) is 0 Å². The largest absolute Gasteiger partial charge is 0.470 e. The first-order chi connectivity index (χ1) is 20.2. The third kappa shape index (κ3) is 5.35. The molecule has 12 heteroatoms. The van der Waals surface area contributed by atoms with Crippen LogP contribution in [-0.4, -0.2) is 54.8 Å². The van der Waals surface area contributed by atoms with Crippen molar-refractivity contribution in [2.75, 3.05) is 6.61 Å². The van der Waals surface area contributed by atoms with E-state index in [2.05, 4.69) is 25.7 Å². The average Bonchev–Trinajstić information content (AvgIpc) is 3.64. The highest BCUT2D eigenvalue weighted by Gasteiger charge is 2.22. The number of pyridine rings is 1. The summed E-state index contributed by atoms with van der Waals surface area (Å²) in [6, 6.07) is 13.3. The van der Waals surface area contributed by atoms with Gasteiger partial charge in [-0.05, 0) is 56.7 Å². The Morgan fingerprint density at radius 1 is 1.02 bits per heavy atom. The lowest BCUT2D eigenvalue weighted by molar-refractivity contribution is -0.171. The summed E-state index contributed by atoms with van der Waals surface area (Å²) in [7, 11) is 0. The molecule has 1 aromatic carbocycles. The van der Waals surface area contributed by atoms with Crippen molar-refractivity contribution in [2.45, 2.75) is 64.1 Å². The molecule has 210 valence electrons. The molecule has 0 spiro atoms. The standard InChI is InChI=1S/C29H29N7O5/c37-28(31-19-6-5-7-19)18-11-12-20(30-15-18)16-40-29-23-9-2-1-8-22(23)26-32-33-27(36(26)34-29)24-14-21(41-35-24)17-39-25-10-3-4-13-38-25/h1-2,8-9,11-12,14-15,19,25H,3-7,10,13,16-17H2,(H,31,37). The van der Waals surface area contributed by atoms with Gasteiger partial charge in [0.1, 0.15) is 13.2 Å². The molecule has 2 aliphatic rings. The van der Waals surface area contributed by atoms with Crippen LogP contribution < -0.4 is 10.1 Å². The zero-order chi connectivity index (χ0) is 27.6. The van der Waals surface area contributed by atoms with Gasteiger partial charge in [0.15, 0.2) is 23.4 Å². The van der Waals surface area contributed by atoms with Crippen LogP contribution in [0.2, 0.25) is 0 Å². The van der Waals surface area contributed by atoms with Crippen LogP contribution >= 0.6 is 0 Å². The lowest BCUT2D eigenvalue weighted by Crippen LogP contribution is -2.39. The molecule has 1 saturated heterocycles. The monoisotopic (exact) mass is 555 g/mol. The summed E-state index contributed by atoms with van der Waals surface area (Å²) in [6.07, 6.45) is 7.59. The first-order valence-corrected chi connectivity index (χ1v) is 13.9. The quantitative estimate of drug-likeness (QED) is 0.281. The van der Waals surface area contributed by atoms with E-state index in [0.717, 1.165) is 49.3 Å². The normalized spacial score (nSPS) is 17.5. The Kier molecular flexibility index (Phi) is 6.99. The van der Waals surface area contributed by atoms with Crippen LogP contribution in [0.25, 0.3) is 27.9 Å². The van der Waals surface area contributed by atoms with Gasteiger partial charge in [-0.2, -0.15) is 4.52 Å². The Morgan fingerprint density at radius 2 is 1.93 bits per heavy atom. The van der Waals surface area contributed by atoms with Crippen LogP contribution in [0, 0.1) is 0 Å². The van der Waals surface area contributed by atoms with Crippen LogP contribution in [0.5, 0.6) is 5.88 Å². The molecule has 1 atom stereocenters. The summed E-state index contributed by atoms with van der Waals surface area (Å²) in [6.45, 7) is 1.12. The molecule has 12 nitrogen and oxygen atoms in total. The zero-order valence-corrected chi connectivity index (χ0v) is 22.4. The van der Waals surface area contributed by atoms with Crippen molar-refractivity contribution >= 4 is 22.3 Å². The number of hydrogen-bond acceptors (Lipinski definition) is 10. The van der Waals surface area contributed by atoms with Gasteiger partial charge in [0.2, 0.25) is 11.7 Å². The van der Waals surface area contributed by atoms with E-state index in [4.69, 9.17) is 23.8 Å². The summed E-state index contributed by atoms with van der Waals surface area (Å²) in [5, 5.41) is 22.3. The van der Waals surface area contributed by atoms with E-state index in [-0.39, 0.29) is 31.5 Å². The molecule has 5 aromatic rings. The number of aromatic nitrogens is 6. The molecule has 4 aromatic heterocycles. The van der Waals surface area contributed by atoms with Gasteiger partial charge in [-0.3, -0.25) is 9.78 Å². The lowest BCUT2D eigenvalue weighted by atomic mass is 9.93. The summed E-state index contributed by atoms with van der Waals surface area (Å²) < 4.78 is 24.7. The summed E-state index contributed by atoms with van der Waals surface area (Å²) in [4.78, 5) is 16.8. The Labute approximate surface area is 235 Å². The van der Waals surface area contributed by atoms with Crippen LogP contribution in [0.1, 0.15) is 60.3 Å². The third-order valence-corrected chi connectivity index (χ3v) is 7.45. The van der Waals surface area contributed by atoms with Crippen molar-refractivity contribution in [2.24, 2.45) is 0 Å². The second kappa shape index (κ2) is 11.2. The zero-order valence-electron chi connectivity index (χ0n) is 22.4. The molecule has 1 amide bonds. The van der Waals surface area contributed by atoms with Gasteiger partial charge in [0, 0.05) is 35.7 Å². The summed E-state index contributed by atoms with van der Waals surface area (Å²) in [5.74, 6) is 1.26. The number of nitrogens with one attached hydrogen (secondary N) is 1. The van der Waals surface area contributed by atoms with E-state index < -0.39 is 0 Å². The van der Waals surface area contributed by atoms with Gasteiger partial charge < -0.3 is 24.1 Å². The van der Waals surface area contributed by atoms with Crippen molar-refractivity contribution in [3.05, 3.63) is 65.7 Å². The number of rotatable bonds is 9. The van der Waals surface area contributed by atoms with Crippen LogP contribution in [-0.2, 0) is 22.7 Å². The van der Waals surface area contributed by atoms with Crippen molar-refractivity contribution in [3.8, 4) is 17.4 Å². The Balaban J connectivity index is 1.10. The van der Waals surface area contributed by atoms with Gasteiger partial charge in [0.05, 0.1) is 11.3 Å². The van der Waals surface area contributed by atoms with Crippen LogP contribution in [0.4, 0.5) is 0 Å². The maximum Gasteiger partial charge on any atom is 0.253 e. The molecular weight excluding hydrogens is 526 g/mol. The van der Waals surface area contributed by atoms with Crippen LogP contribution in [0.15, 0.2) is 53.2 Å². The average molecular weight is 556 g/mol. The predicted molar refractivity (Wildman–Crippen MR) is 146 cm³/mol. The number of carbonyl (C=O) groups excluding carboxylic acids is 1. The number of carbonyl (C=O) groups is 1. The van der Waals surface area contributed by atoms with Crippen molar-refractivity contribution in [3.63, 3.8) is 0 Å². The highest BCUT2D eigenvalue weighted by atomic mass is 16.7. The summed E-state index contributed by atoms with van der Waals surface area (Å²) >= 11 is 0. The van der Waals surface area contributed by atoms with Gasteiger partial charge in [-0.1, -0.05) is 23.4 Å². The first-order valence-electron chi connectivity index (χ1n) is 13.9. The molecule has 0 bridgehead atoms. The Hall–Kier alpha value is -4.42. The van der Waals surface area contributed by atoms with Crippen molar-refractivity contribution in [1.82, 2.24) is 35.3 Å². The molecule has 5 heterocycles. The molecule has 1 saturated carbocycles. The maximum absolute atomic E-state index is 12.4. The van der Waals surface area contributed by atoms with Crippen molar-refractivity contribution < 1.29 is 23.5 Å². The third-order valence-electron chi connectivity index (χ3n) is 7.45. The number of hydrogen-bond donors (Lipinski definition) is 1. The van der Waals surface area contributed by atoms with E-state index in [1.807, 2.05) is 24.3 Å². The maximum atomic E-state index is 12.4. The number of amides is 1. The smallest absolute Gasteiger partial charge is 0.253 e. The number of ether oxygens (including phenoxy) is 3. The highest BCUT2D eigenvalue weighted by molar-refractivity contribution is 5.97. The van der Waals surface area contributed by atoms with Crippen molar-refractivity contribution in [1.29, 1.82) is 0 Å². The van der Waals surface area contributed by atoms with E-state index in [1.165, 1.54) is 0 Å². The minimum atomic E-state index is -0.228. The van der Waals surface area contributed by atoms with E-state index in [1.54, 1.807) is 28.9 Å². The number of nitrogens with zero attached hydrogens (tertiary/aromatic N) is 6. The Morgan fingerprint density at radius 3 is 2.71 bits per heavy atom. The van der Waals surface area contributed by atoms with E-state index in [9.17, 15) is 4.79 Å². The summed E-state index contributed by atoms with van der Waals surface area (Å²) in [5.41, 5.74) is 2.25. The minimum absolute atomic E-state index is 0.0992. The molecular formula is C29H29N7O5. The van der Waals surface area contributed by atoms with Gasteiger partial charge in [-0.25, -0.2) is 0 Å². The molecule has 1 unspecified atom stereocenters. The fourth-order valence-electron chi connectivity index (χ4n) is 4.93. The molecule has 1 aliphatic carbocycles. The first kappa shape index (κ1) is 25.5.